The molecule has 0 saturated carbocycles. The number of esters is 8. The minimum Gasteiger partial charge on any atom is -0.457 e. The van der Waals surface area contributed by atoms with Crippen molar-refractivity contribution in [3.8, 4) is 11.5 Å². The van der Waals surface area contributed by atoms with Crippen LogP contribution in [-0.2, 0) is 24.4 Å². The maximum Gasteiger partial charge on any atom is 0.411 e. The van der Waals surface area contributed by atoms with Gasteiger partial charge in [-0.3, -0.25) is 0 Å². The second-order valence-corrected chi connectivity index (χ2v) is 11.5. The molecule has 0 fully saturated rings. The third-order valence-corrected chi connectivity index (χ3v) is 8.47. The molecule has 13 nitrogen and oxygen atoms in total. The number of hydrogen-bond donors (Lipinski definition) is 0. The molecule has 0 saturated heterocycles. The summed E-state index contributed by atoms with van der Waals surface area (Å²) in [6.07, 6.45) is -12.0. The Balaban J connectivity index is 0.000000174. The zero-order chi connectivity index (χ0) is 39.1. The Labute approximate surface area is 293 Å². The van der Waals surface area contributed by atoms with Gasteiger partial charge in [0.1, 0.15) is 11.5 Å². The summed E-state index contributed by atoms with van der Waals surface area (Å²) in [7, 11) is 0. The fourth-order valence-corrected chi connectivity index (χ4v) is 6.01. The number of carbonyl (C=O) groups is 8. The van der Waals surface area contributed by atoms with Crippen molar-refractivity contribution in [3.63, 3.8) is 0 Å². The molecule has 0 aliphatic carbocycles. The van der Waals surface area contributed by atoms with E-state index < -0.39 is 98.9 Å². The predicted octanol–water partition coefficient (Wildman–Crippen LogP) is 5.82. The predicted molar refractivity (Wildman–Crippen MR) is 158 cm³/mol. The van der Waals surface area contributed by atoms with Crippen LogP contribution < -0.4 is 4.74 Å². The van der Waals surface area contributed by atoms with Crippen LogP contribution in [0.25, 0.3) is 0 Å². The summed E-state index contributed by atoms with van der Waals surface area (Å²) in [6, 6.07) is 11.2. The van der Waals surface area contributed by atoms with Crippen LogP contribution in [0, 0.1) is 0 Å². The minimum absolute atomic E-state index is 0.114. The molecule has 4 heterocycles. The van der Waals surface area contributed by atoms with E-state index in [1.54, 1.807) is 0 Å². The number of ether oxygens (including phenoxy) is 5. The second kappa shape index (κ2) is 11.9. The van der Waals surface area contributed by atoms with Gasteiger partial charge in [0.15, 0.2) is 0 Å². The van der Waals surface area contributed by atoms with Gasteiger partial charge in [-0.25, -0.2) is 38.4 Å². The van der Waals surface area contributed by atoms with E-state index >= 15 is 0 Å². The topological polar surface area (TPSA) is 183 Å². The number of alkyl halides is 6. The third kappa shape index (κ3) is 5.35. The van der Waals surface area contributed by atoms with Gasteiger partial charge in [-0.2, -0.15) is 26.3 Å². The molecule has 0 N–H and O–H groups in total. The van der Waals surface area contributed by atoms with Crippen molar-refractivity contribution in [1.82, 2.24) is 0 Å². The van der Waals surface area contributed by atoms with E-state index in [1.807, 2.05) is 0 Å². The molecular formula is C35H12F6O13. The van der Waals surface area contributed by atoms with Crippen molar-refractivity contribution >= 4 is 47.8 Å². The standard InChI is InChI=1S/C19H6F6O6.C16H6O7/c20-18(21,22)17(19(23,24)25,7-1-3-9-11(5-7)15(28)30-13(9)26)8-2-4-10-12(6-8)16(29)31-14(10)27;17-13-9-3-1-7(5-11(9)15(19)22-13)21-8-2-4-10-12(6-8)16(20)23-14(10)18/h1-6H;1-6H. The van der Waals surface area contributed by atoms with E-state index in [9.17, 15) is 64.7 Å². The van der Waals surface area contributed by atoms with Crippen molar-refractivity contribution in [2.75, 3.05) is 0 Å². The van der Waals surface area contributed by atoms with Crippen LogP contribution in [0.1, 0.15) is 94.0 Å². The first-order chi connectivity index (χ1) is 25.3. The molecule has 0 unspecified atom stereocenters. The Kier molecular flexibility index (Phi) is 7.79. The highest BCUT2D eigenvalue weighted by molar-refractivity contribution is 6.17. The number of halogens is 6. The SMILES string of the molecule is O=C1OC(=O)c2cc(C(c3ccc4c(c3)C(=O)OC4=O)(C(F)(F)F)C(F)(F)F)ccc21.O=C1OC(=O)c2cc(Oc3ccc4c(c3)C(=O)OC4=O)ccc21. The smallest absolute Gasteiger partial charge is 0.411 e. The normalized spacial score (nSPS) is 15.7. The van der Waals surface area contributed by atoms with E-state index in [1.165, 1.54) is 36.4 Å². The summed E-state index contributed by atoms with van der Waals surface area (Å²) >= 11 is 0. The number of cyclic esters (lactones) is 8. The molecule has 0 aromatic heterocycles. The van der Waals surface area contributed by atoms with Crippen LogP contribution in [0.3, 0.4) is 0 Å². The third-order valence-electron chi connectivity index (χ3n) is 8.47. The fraction of sp³-hybridized carbons (Fsp3) is 0.0857. The Morgan fingerprint density at radius 1 is 0.352 bits per heavy atom. The number of rotatable bonds is 4. The number of benzene rings is 4. The quantitative estimate of drug-likeness (QED) is 0.105. The zero-order valence-corrected chi connectivity index (χ0v) is 26.0. The molecule has 54 heavy (non-hydrogen) atoms. The maximum absolute atomic E-state index is 14.2. The highest BCUT2D eigenvalue weighted by atomic mass is 19.4. The molecule has 0 spiro atoms. The fourth-order valence-electron chi connectivity index (χ4n) is 6.01. The lowest BCUT2D eigenvalue weighted by atomic mass is 9.71. The Hall–Kier alpha value is -7.18. The van der Waals surface area contributed by atoms with Gasteiger partial charge < -0.3 is 23.7 Å². The van der Waals surface area contributed by atoms with Gasteiger partial charge in [-0.15, -0.1) is 0 Å². The maximum atomic E-state index is 14.2. The lowest BCUT2D eigenvalue weighted by molar-refractivity contribution is -0.288. The highest BCUT2D eigenvalue weighted by Crippen LogP contribution is 2.57. The van der Waals surface area contributed by atoms with Crippen LogP contribution >= 0.6 is 0 Å². The molecule has 0 amide bonds. The molecule has 0 radical (unpaired) electrons. The largest absolute Gasteiger partial charge is 0.457 e. The monoisotopic (exact) mass is 754 g/mol. The first-order valence-corrected chi connectivity index (χ1v) is 14.8. The lowest BCUT2D eigenvalue weighted by Crippen LogP contribution is -2.55. The molecule has 8 rings (SSSR count). The van der Waals surface area contributed by atoms with Gasteiger partial charge in [-0.05, 0) is 71.8 Å². The molecule has 0 bridgehead atoms. The molecule has 4 aliphatic rings. The van der Waals surface area contributed by atoms with E-state index in [0.29, 0.717) is 24.3 Å². The van der Waals surface area contributed by atoms with Crippen molar-refractivity contribution in [1.29, 1.82) is 0 Å². The van der Waals surface area contributed by atoms with Crippen molar-refractivity contribution in [2.24, 2.45) is 0 Å². The van der Waals surface area contributed by atoms with Gasteiger partial charge in [0.2, 0.25) is 5.41 Å². The van der Waals surface area contributed by atoms with E-state index in [0.717, 1.165) is 0 Å². The summed E-state index contributed by atoms with van der Waals surface area (Å²) in [5, 5.41) is 0. The Morgan fingerprint density at radius 2 is 0.611 bits per heavy atom. The first kappa shape index (κ1) is 35.2. The van der Waals surface area contributed by atoms with Gasteiger partial charge in [0, 0.05) is 0 Å². The van der Waals surface area contributed by atoms with Crippen molar-refractivity contribution < 1.29 is 88.4 Å². The summed E-state index contributed by atoms with van der Waals surface area (Å²) in [5.41, 5.74) is -9.52. The van der Waals surface area contributed by atoms with Crippen LogP contribution in [0.15, 0.2) is 72.8 Å². The molecule has 0 atom stereocenters. The number of fused-ring (bicyclic) bond motifs is 4. The van der Waals surface area contributed by atoms with Crippen LogP contribution in [-0.4, -0.2) is 60.1 Å². The average Bonchev–Trinajstić information content (AvgIpc) is 3.75. The minimum atomic E-state index is -6.02. The van der Waals surface area contributed by atoms with Gasteiger partial charge >= 0.3 is 60.1 Å². The van der Waals surface area contributed by atoms with E-state index in [-0.39, 0.29) is 45.9 Å². The summed E-state index contributed by atoms with van der Waals surface area (Å²) in [4.78, 5) is 92.3. The van der Waals surface area contributed by atoms with Crippen LogP contribution in [0.2, 0.25) is 0 Å². The number of carbonyl (C=O) groups excluding carboxylic acids is 8. The first-order valence-electron chi connectivity index (χ1n) is 14.8. The summed E-state index contributed by atoms with van der Waals surface area (Å²) in [5.74, 6) is -7.53. The van der Waals surface area contributed by atoms with Crippen LogP contribution in [0.5, 0.6) is 11.5 Å². The van der Waals surface area contributed by atoms with Crippen molar-refractivity contribution in [2.45, 2.75) is 17.8 Å². The lowest BCUT2D eigenvalue weighted by Gasteiger charge is -2.38. The van der Waals surface area contributed by atoms with Crippen LogP contribution in [0.4, 0.5) is 26.3 Å². The van der Waals surface area contributed by atoms with Gasteiger partial charge in [0.25, 0.3) is 0 Å². The molecular weight excluding hydrogens is 742 g/mol. The van der Waals surface area contributed by atoms with E-state index in [4.69, 9.17) is 4.74 Å². The molecule has 4 aliphatic heterocycles. The molecule has 4 aromatic rings. The zero-order valence-electron chi connectivity index (χ0n) is 26.0. The number of hydrogen-bond acceptors (Lipinski definition) is 13. The van der Waals surface area contributed by atoms with Gasteiger partial charge in [-0.1, -0.05) is 12.1 Å². The highest BCUT2D eigenvalue weighted by Gasteiger charge is 2.73. The molecule has 19 heteroatoms. The molecule has 4 aromatic carbocycles. The average molecular weight is 754 g/mol. The Morgan fingerprint density at radius 3 is 0.907 bits per heavy atom. The molecule has 272 valence electrons. The van der Waals surface area contributed by atoms with E-state index in [2.05, 4.69) is 18.9 Å². The summed E-state index contributed by atoms with van der Waals surface area (Å²) in [6.45, 7) is 0. The second-order valence-electron chi connectivity index (χ2n) is 11.5. The summed E-state index contributed by atoms with van der Waals surface area (Å²) < 4.78 is 108. The van der Waals surface area contributed by atoms with Crippen molar-refractivity contribution in [3.05, 3.63) is 128 Å². The van der Waals surface area contributed by atoms with Gasteiger partial charge in [0.05, 0.1) is 44.5 Å². The Bertz CT molecular complexity index is 2290.